The molecule has 1 N–H and O–H groups in total. The van der Waals surface area contributed by atoms with Crippen molar-refractivity contribution in [2.75, 3.05) is 6.61 Å². The van der Waals surface area contributed by atoms with Crippen molar-refractivity contribution in [3.05, 3.63) is 0 Å². The Balaban J connectivity index is 3.11. The molecule has 50 valence electrons. The molecule has 8 heavy (non-hydrogen) atoms. The second kappa shape index (κ2) is 2.94. The number of hydrogen-bond donors (Lipinski definition) is 1. The van der Waals surface area contributed by atoms with Crippen LogP contribution in [-0.4, -0.2) is 18.0 Å². The van der Waals surface area contributed by atoms with Crippen LogP contribution in [0.25, 0.3) is 0 Å². The second-order valence-electron chi connectivity index (χ2n) is 1.33. The van der Waals surface area contributed by atoms with Gasteiger partial charge in [0.15, 0.2) is 0 Å². The predicted octanol–water partition coefficient (Wildman–Crippen LogP) is 0.956. The van der Waals surface area contributed by atoms with E-state index in [2.05, 4.69) is 4.74 Å². The van der Waals surface area contributed by atoms with Gasteiger partial charge in [0.25, 0.3) is 0 Å². The van der Waals surface area contributed by atoms with Gasteiger partial charge >= 0.3 is 6.29 Å². The lowest BCUT2D eigenvalue weighted by atomic mass is 10.5. The van der Waals surface area contributed by atoms with E-state index in [-0.39, 0.29) is 6.61 Å². The molecular weight excluding hydrogens is 118 g/mol. The van der Waals surface area contributed by atoms with E-state index in [1.165, 1.54) is 0 Å². The van der Waals surface area contributed by atoms with Crippen LogP contribution in [0.2, 0.25) is 0 Å². The van der Waals surface area contributed by atoms with Crippen LogP contribution in [0.1, 0.15) is 13.3 Å². The van der Waals surface area contributed by atoms with E-state index in [0.29, 0.717) is 6.42 Å². The molecule has 0 heterocycles. The van der Waals surface area contributed by atoms with Crippen LogP contribution in [0.3, 0.4) is 0 Å². The van der Waals surface area contributed by atoms with Crippen molar-refractivity contribution >= 4 is 0 Å². The fraction of sp³-hybridized carbons (Fsp3) is 1.00. The van der Waals surface area contributed by atoms with Crippen LogP contribution in [-0.2, 0) is 4.74 Å². The maximum atomic E-state index is 11.2. The Morgan fingerprint density at radius 2 is 2.12 bits per heavy atom. The van der Waals surface area contributed by atoms with Crippen molar-refractivity contribution in [2.24, 2.45) is 0 Å². The molecule has 0 spiro atoms. The molecule has 0 aromatic carbocycles. The Morgan fingerprint density at radius 3 is 2.25 bits per heavy atom. The summed E-state index contributed by atoms with van der Waals surface area (Å²) in [6.45, 7) is 1.55. The first kappa shape index (κ1) is 7.78. The Labute approximate surface area is 46.1 Å². The zero-order valence-corrected chi connectivity index (χ0v) is 4.53. The smallest absolute Gasteiger partial charge is 0.311 e. The summed E-state index contributed by atoms with van der Waals surface area (Å²) in [4.78, 5) is 0. The van der Waals surface area contributed by atoms with Crippen LogP contribution in [0.4, 0.5) is 8.78 Å². The molecule has 0 saturated carbocycles. The van der Waals surface area contributed by atoms with Crippen LogP contribution in [0.15, 0.2) is 0 Å². The third-order valence-corrected chi connectivity index (χ3v) is 0.480. The highest BCUT2D eigenvalue weighted by Gasteiger charge is 2.24. The minimum atomic E-state index is -3.95. The maximum absolute atomic E-state index is 11.2. The van der Waals surface area contributed by atoms with Gasteiger partial charge in [-0.25, -0.2) is 0 Å². The molecule has 0 aromatic heterocycles. The molecule has 2 nitrogen and oxygen atoms in total. The Bertz CT molecular complexity index is 59.5. The summed E-state index contributed by atoms with van der Waals surface area (Å²) < 4.78 is 26.1. The van der Waals surface area contributed by atoms with E-state index >= 15 is 0 Å². The summed E-state index contributed by atoms with van der Waals surface area (Å²) in [5.74, 6) is 0. The summed E-state index contributed by atoms with van der Waals surface area (Å²) in [7, 11) is 0. The average molecular weight is 126 g/mol. The SMILES string of the molecule is CCCOC(O)(F)F. The molecule has 0 bridgehead atoms. The van der Waals surface area contributed by atoms with Crippen LogP contribution in [0.5, 0.6) is 0 Å². The monoisotopic (exact) mass is 126 g/mol. The first-order valence-electron chi connectivity index (χ1n) is 2.30. The normalized spacial score (nSPS) is 12.0. The van der Waals surface area contributed by atoms with E-state index in [9.17, 15) is 8.78 Å². The van der Waals surface area contributed by atoms with Crippen molar-refractivity contribution in [2.45, 2.75) is 19.6 Å². The number of ether oxygens (including phenoxy) is 1. The highest BCUT2D eigenvalue weighted by atomic mass is 19.3. The number of aliphatic hydroxyl groups is 1. The van der Waals surface area contributed by atoms with Crippen LogP contribution >= 0.6 is 0 Å². The van der Waals surface area contributed by atoms with Gasteiger partial charge in [0.05, 0.1) is 6.61 Å². The molecule has 0 aliphatic rings. The molecule has 0 radical (unpaired) electrons. The van der Waals surface area contributed by atoms with E-state index in [1.54, 1.807) is 6.92 Å². The van der Waals surface area contributed by atoms with Gasteiger partial charge in [0.2, 0.25) is 0 Å². The summed E-state index contributed by atoms with van der Waals surface area (Å²) in [6.07, 6.45) is -3.48. The van der Waals surface area contributed by atoms with Crippen molar-refractivity contribution in [1.29, 1.82) is 0 Å². The van der Waals surface area contributed by atoms with Gasteiger partial charge in [-0.3, -0.25) is 4.74 Å². The Kier molecular flexibility index (Phi) is 2.86. The topological polar surface area (TPSA) is 29.5 Å². The van der Waals surface area contributed by atoms with E-state index in [4.69, 9.17) is 5.11 Å². The molecule has 0 fully saturated rings. The van der Waals surface area contributed by atoms with Crippen molar-refractivity contribution in [3.8, 4) is 0 Å². The summed E-state index contributed by atoms with van der Waals surface area (Å²) in [5, 5.41) is 7.59. The molecular formula is C4H8F2O2. The number of hydrogen-bond acceptors (Lipinski definition) is 2. The number of halogens is 2. The zero-order valence-electron chi connectivity index (χ0n) is 4.53. The molecule has 0 rings (SSSR count). The lowest BCUT2D eigenvalue weighted by Crippen LogP contribution is -2.19. The standard InChI is InChI=1S/C4H8F2O2/c1-2-3-8-4(5,6)7/h7H,2-3H2,1H3. The zero-order chi connectivity index (χ0) is 6.62. The summed E-state index contributed by atoms with van der Waals surface area (Å²) in [5.41, 5.74) is 0. The second-order valence-corrected chi connectivity index (χ2v) is 1.33. The molecule has 0 atom stereocenters. The summed E-state index contributed by atoms with van der Waals surface area (Å²) in [6, 6.07) is 0. The highest BCUT2D eigenvalue weighted by Crippen LogP contribution is 2.08. The van der Waals surface area contributed by atoms with Gasteiger partial charge in [0.1, 0.15) is 0 Å². The van der Waals surface area contributed by atoms with Gasteiger partial charge < -0.3 is 5.11 Å². The maximum Gasteiger partial charge on any atom is 0.482 e. The van der Waals surface area contributed by atoms with Gasteiger partial charge in [-0.05, 0) is 6.42 Å². The lowest BCUT2D eigenvalue weighted by molar-refractivity contribution is -0.371. The number of rotatable bonds is 3. The van der Waals surface area contributed by atoms with E-state index in [0.717, 1.165) is 0 Å². The lowest BCUT2D eigenvalue weighted by Gasteiger charge is -2.06. The first-order valence-corrected chi connectivity index (χ1v) is 2.30. The predicted molar refractivity (Wildman–Crippen MR) is 23.4 cm³/mol. The Hall–Kier alpha value is -0.220. The molecule has 4 heteroatoms. The van der Waals surface area contributed by atoms with Crippen molar-refractivity contribution < 1.29 is 18.6 Å². The van der Waals surface area contributed by atoms with Crippen molar-refractivity contribution in [1.82, 2.24) is 0 Å². The third-order valence-electron chi connectivity index (χ3n) is 0.480. The van der Waals surface area contributed by atoms with Gasteiger partial charge in [-0.2, -0.15) is 0 Å². The van der Waals surface area contributed by atoms with Crippen molar-refractivity contribution in [3.63, 3.8) is 0 Å². The van der Waals surface area contributed by atoms with Gasteiger partial charge in [-0.15, -0.1) is 8.78 Å². The van der Waals surface area contributed by atoms with Crippen LogP contribution < -0.4 is 0 Å². The molecule has 0 amide bonds. The molecule has 0 saturated heterocycles. The largest absolute Gasteiger partial charge is 0.482 e. The van der Waals surface area contributed by atoms with Gasteiger partial charge in [-0.1, -0.05) is 6.92 Å². The molecule has 0 aliphatic carbocycles. The minimum absolute atomic E-state index is 0.122. The summed E-state index contributed by atoms with van der Waals surface area (Å²) >= 11 is 0. The molecule has 0 aliphatic heterocycles. The van der Waals surface area contributed by atoms with Crippen LogP contribution in [0, 0.1) is 0 Å². The number of alkyl halides is 2. The van der Waals surface area contributed by atoms with E-state index in [1.807, 2.05) is 0 Å². The quantitative estimate of drug-likeness (QED) is 0.570. The Morgan fingerprint density at radius 1 is 1.62 bits per heavy atom. The minimum Gasteiger partial charge on any atom is -0.311 e. The first-order chi connectivity index (χ1) is 3.56. The fourth-order valence-corrected chi connectivity index (χ4v) is 0.225. The average Bonchev–Trinajstić information content (AvgIpc) is 1.59. The molecule has 0 aromatic rings. The van der Waals surface area contributed by atoms with Gasteiger partial charge in [0, 0.05) is 0 Å². The fourth-order valence-electron chi connectivity index (χ4n) is 0.225. The molecule has 0 unspecified atom stereocenters. The highest BCUT2D eigenvalue weighted by molar-refractivity contribution is 4.26. The third kappa shape index (κ3) is 5.78. The van der Waals surface area contributed by atoms with E-state index < -0.39 is 6.29 Å².